The van der Waals surface area contributed by atoms with Crippen LogP contribution in [-0.4, -0.2) is 9.97 Å². The van der Waals surface area contributed by atoms with E-state index in [1.165, 1.54) is 10.4 Å². The Bertz CT molecular complexity index is 411. The SMILES string of the molecule is CCC(C)(C)c1c[nH]c2scnc12. The topological polar surface area (TPSA) is 28.7 Å². The summed E-state index contributed by atoms with van der Waals surface area (Å²) in [5.41, 5.74) is 4.62. The molecule has 13 heavy (non-hydrogen) atoms. The van der Waals surface area contributed by atoms with E-state index in [1.807, 2.05) is 5.51 Å². The number of hydrogen-bond acceptors (Lipinski definition) is 2. The summed E-state index contributed by atoms with van der Waals surface area (Å²) < 4.78 is 0. The van der Waals surface area contributed by atoms with E-state index in [1.54, 1.807) is 11.3 Å². The van der Waals surface area contributed by atoms with Gasteiger partial charge in [0.05, 0.1) is 5.51 Å². The molecule has 0 saturated heterocycles. The van der Waals surface area contributed by atoms with Crippen molar-refractivity contribution in [3.63, 3.8) is 0 Å². The molecular weight excluding hydrogens is 180 g/mol. The summed E-state index contributed by atoms with van der Waals surface area (Å²) in [6.45, 7) is 6.73. The van der Waals surface area contributed by atoms with Gasteiger partial charge in [0.25, 0.3) is 0 Å². The molecule has 0 aromatic carbocycles. The van der Waals surface area contributed by atoms with Gasteiger partial charge in [0.1, 0.15) is 10.3 Å². The lowest BCUT2D eigenvalue weighted by molar-refractivity contribution is 0.510. The molecule has 0 bridgehead atoms. The third-order valence-corrected chi connectivity index (χ3v) is 3.54. The van der Waals surface area contributed by atoms with Crippen molar-refractivity contribution < 1.29 is 0 Å². The highest BCUT2D eigenvalue weighted by atomic mass is 32.1. The van der Waals surface area contributed by atoms with Gasteiger partial charge in [-0.3, -0.25) is 0 Å². The molecule has 2 heterocycles. The van der Waals surface area contributed by atoms with Crippen molar-refractivity contribution in [3.05, 3.63) is 17.3 Å². The van der Waals surface area contributed by atoms with Gasteiger partial charge in [-0.15, -0.1) is 11.3 Å². The Morgan fingerprint density at radius 3 is 3.00 bits per heavy atom. The fraction of sp³-hybridized carbons (Fsp3) is 0.500. The Balaban J connectivity index is 2.60. The largest absolute Gasteiger partial charge is 0.351 e. The maximum atomic E-state index is 4.38. The first kappa shape index (κ1) is 8.75. The van der Waals surface area contributed by atoms with Crippen LogP contribution in [0.15, 0.2) is 11.7 Å². The van der Waals surface area contributed by atoms with Crippen LogP contribution in [0.25, 0.3) is 10.3 Å². The molecule has 2 aromatic heterocycles. The van der Waals surface area contributed by atoms with Gasteiger partial charge in [0, 0.05) is 11.8 Å². The standard InChI is InChI=1S/C10H14N2S/c1-4-10(2,3)7-5-11-9-8(7)12-6-13-9/h5-6,11H,4H2,1-3H3. The van der Waals surface area contributed by atoms with E-state index in [4.69, 9.17) is 0 Å². The number of nitrogens with one attached hydrogen (secondary N) is 1. The highest BCUT2D eigenvalue weighted by Crippen LogP contribution is 2.33. The fourth-order valence-corrected chi connectivity index (χ4v) is 2.12. The average Bonchev–Trinajstić information content (AvgIpc) is 2.62. The number of aromatic amines is 1. The number of fused-ring (bicyclic) bond motifs is 1. The van der Waals surface area contributed by atoms with Crippen LogP contribution in [0.5, 0.6) is 0 Å². The second-order valence-corrected chi connectivity index (χ2v) is 4.82. The van der Waals surface area contributed by atoms with Crippen LogP contribution in [-0.2, 0) is 5.41 Å². The van der Waals surface area contributed by atoms with Crippen molar-refractivity contribution in [2.45, 2.75) is 32.6 Å². The van der Waals surface area contributed by atoms with Crippen molar-refractivity contribution in [1.82, 2.24) is 9.97 Å². The summed E-state index contributed by atoms with van der Waals surface area (Å²) in [5, 5.41) is 0. The van der Waals surface area contributed by atoms with E-state index in [0.717, 1.165) is 11.9 Å². The van der Waals surface area contributed by atoms with Gasteiger partial charge in [0.2, 0.25) is 0 Å². The normalized spacial score (nSPS) is 12.5. The van der Waals surface area contributed by atoms with Crippen molar-refractivity contribution in [3.8, 4) is 0 Å². The third-order valence-electron chi connectivity index (χ3n) is 2.78. The molecule has 0 spiro atoms. The lowest BCUT2D eigenvalue weighted by Crippen LogP contribution is -2.14. The monoisotopic (exact) mass is 194 g/mol. The number of nitrogens with zero attached hydrogens (tertiary/aromatic N) is 1. The van der Waals surface area contributed by atoms with E-state index in [2.05, 4.69) is 36.9 Å². The molecule has 0 aliphatic carbocycles. The minimum absolute atomic E-state index is 0.228. The first-order valence-corrected chi connectivity index (χ1v) is 5.44. The fourth-order valence-electron chi connectivity index (χ4n) is 1.45. The zero-order valence-electron chi connectivity index (χ0n) is 8.22. The number of hydrogen-bond donors (Lipinski definition) is 1. The van der Waals surface area contributed by atoms with Gasteiger partial charge >= 0.3 is 0 Å². The van der Waals surface area contributed by atoms with E-state index < -0.39 is 0 Å². The Morgan fingerprint density at radius 1 is 1.54 bits per heavy atom. The molecule has 2 aromatic rings. The van der Waals surface area contributed by atoms with E-state index in [-0.39, 0.29) is 5.41 Å². The smallest absolute Gasteiger partial charge is 0.120 e. The summed E-state index contributed by atoms with van der Waals surface area (Å²) in [6.07, 6.45) is 3.23. The molecule has 2 nitrogen and oxygen atoms in total. The number of H-pyrrole nitrogens is 1. The zero-order chi connectivity index (χ0) is 9.47. The van der Waals surface area contributed by atoms with Crippen LogP contribution in [0.3, 0.4) is 0 Å². The molecule has 1 N–H and O–H groups in total. The van der Waals surface area contributed by atoms with Crippen molar-refractivity contribution in [2.75, 3.05) is 0 Å². The first-order valence-electron chi connectivity index (χ1n) is 4.56. The van der Waals surface area contributed by atoms with Crippen LogP contribution in [0.2, 0.25) is 0 Å². The van der Waals surface area contributed by atoms with E-state index in [0.29, 0.717) is 0 Å². The highest BCUT2D eigenvalue weighted by molar-refractivity contribution is 7.16. The zero-order valence-corrected chi connectivity index (χ0v) is 9.03. The molecule has 0 aliphatic rings. The van der Waals surface area contributed by atoms with Gasteiger partial charge in [-0.1, -0.05) is 20.8 Å². The highest BCUT2D eigenvalue weighted by Gasteiger charge is 2.22. The summed E-state index contributed by atoms with van der Waals surface area (Å²) in [5.74, 6) is 0. The first-order chi connectivity index (χ1) is 6.15. The van der Waals surface area contributed by atoms with Crippen LogP contribution in [0.1, 0.15) is 32.8 Å². The van der Waals surface area contributed by atoms with Crippen molar-refractivity contribution in [1.29, 1.82) is 0 Å². The van der Waals surface area contributed by atoms with Gasteiger partial charge < -0.3 is 4.98 Å². The summed E-state index contributed by atoms with van der Waals surface area (Å²) >= 11 is 1.67. The average molecular weight is 194 g/mol. The molecule has 0 fully saturated rings. The molecule has 0 atom stereocenters. The minimum Gasteiger partial charge on any atom is -0.351 e. The Labute approximate surface area is 82.0 Å². The van der Waals surface area contributed by atoms with E-state index in [9.17, 15) is 0 Å². The second-order valence-electron chi connectivity index (χ2n) is 3.97. The molecule has 0 aliphatic heterocycles. The predicted molar refractivity (Wildman–Crippen MR) is 57.3 cm³/mol. The number of aromatic nitrogens is 2. The lowest BCUT2D eigenvalue weighted by Gasteiger charge is -2.20. The van der Waals surface area contributed by atoms with Gasteiger partial charge in [-0.25, -0.2) is 4.98 Å². The quantitative estimate of drug-likeness (QED) is 0.780. The molecule has 0 amide bonds. The molecule has 0 saturated carbocycles. The van der Waals surface area contributed by atoms with Crippen LogP contribution < -0.4 is 0 Å². The summed E-state index contributed by atoms with van der Waals surface area (Å²) in [7, 11) is 0. The van der Waals surface area contributed by atoms with Crippen molar-refractivity contribution >= 4 is 21.7 Å². The van der Waals surface area contributed by atoms with Crippen LogP contribution >= 0.6 is 11.3 Å². The maximum Gasteiger partial charge on any atom is 0.120 e. The van der Waals surface area contributed by atoms with Crippen molar-refractivity contribution in [2.24, 2.45) is 0 Å². The van der Waals surface area contributed by atoms with Gasteiger partial charge in [0.15, 0.2) is 0 Å². The Kier molecular flexibility index (Phi) is 1.91. The number of rotatable bonds is 2. The predicted octanol–water partition coefficient (Wildman–Crippen LogP) is 3.31. The van der Waals surface area contributed by atoms with Gasteiger partial charge in [-0.2, -0.15) is 0 Å². The molecular formula is C10H14N2S. The summed E-state index contributed by atoms with van der Waals surface area (Å²) in [4.78, 5) is 8.84. The molecule has 2 rings (SSSR count). The molecule has 70 valence electrons. The van der Waals surface area contributed by atoms with Crippen LogP contribution in [0, 0.1) is 0 Å². The van der Waals surface area contributed by atoms with Crippen LogP contribution in [0.4, 0.5) is 0 Å². The maximum absolute atomic E-state index is 4.38. The molecule has 0 unspecified atom stereocenters. The Hall–Kier alpha value is -0.830. The minimum atomic E-state index is 0.228. The summed E-state index contributed by atoms with van der Waals surface area (Å²) in [6, 6.07) is 0. The molecule has 0 radical (unpaired) electrons. The Morgan fingerprint density at radius 2 is 2.31 bits per heavy atom. The third kappa shape index (κ3) is 1.27. The van der Waals surface area contributed by atoms with Gasteiger partial charge in [-0.05, 0) is 11.8 Å². The number of thiazole rings is 1. The second kappa shape index (κ2) is 2.84. The van der Waals surface area contributed by atoms with E-state index >= 15 is 0 Å². The lowest BCUT2D eigenvalue weighted by atomic mass is 9.83. The molecule has 3 heteroatoms.